The number of halogens is 1. The SMILES string of the molecule is C[C@@H](O)CNc1ccc(F)cc1. The second kappa shape index (κ2) is 4.07. The highest BCUT2D eigenvalue weighted by atomic mass is 19.1. The zero-order valence-corrected chi connectivity index (χ0v) is 6.92. The average Bonchev–Trinajstić information content (AvgIpc) is 2.03. The second-order valence-corrected chi connectivity index (χ2v) is 2.74. The third-order valence-corrected chi connectivity index (χ3v) is 1.45. The van der Waals surface area contributed by atoms with Crippen molar-refractivity contribution in [1.82, 2.24) is 0 Å². The lowest BCUT2D eigenvalue weighted by Gasteiger charge is -2.07. The summed E-state index contributed by atoms with van der Waals surface area (Å²) < 4.78 is 12.4. The van der Waals surface area contributed by atoms with E-state index in [4.69, 9.17) is 5.11 Å². The summed E-state index contributed by atoms with van der Waals surface area (Å²) in [7, 11) is 0. The van der Waals surface area contributed by atoms with Crippen molar-refractivity contribution >= 4 is 5.69 Å². The molecule has 1 aromatic rings. The third-order valence-electron chi connectivity index (χ3n) is 1.45. The Kier molecular flexibility index (Phi) is 3.05. The predicted octanol–water partition coefficient (Wildman–Crippen LogP) is 1.62. The van der Waals surface area contributed by atoms with E-state index in [0.29, 0.717) is 6.54 Å². The van der Waals surface area contributed by atoms with Gasteiger partial charge in [0.1, 0.15) is 5.82 Å². The van der Waals surface area contributed by atoms with Crippen LogP contribution < -0.4 is 5.32 Å². The summed E-state index contributed by atoms with van der Waals surface area (Å²) in [4.78, 5) is 0. The van der Waals surface area contributed by atoms with Crippen LogP contribution in [0.15, 0.2) is 24.3 Å². The van der Waals surface area contributed by atoms with Crippen molar-refractivity contribution in [2.75, 3.05) is 11.9 Å². The Hall–Kier alpha value is -1.09. The Morgan fingerprint density at radius 1 is 1.42 bits per heavy atom. The van der Waals surface area contributed by atoms with Crippen molar-refractivity contribution in [1.29, 1.82) is 0 Å². The van der Waals surface area contributed by atoms with Crippen molar-refractivity contribution in [2.24, 2.45) is 0 Å². The first-order valence-corrected chi connectivity index (χ1v) is 3.86. The molecule has 0 bridgehead atoms. The monoisotopic (exact) mass is 169 g/mol. The zero-order chi connectivity index (χ0) is 8.97. The van der Waals surface area contributed by atoms with Gasteiger partial charge >= 0.3 is 0 Å². The molecule has 0 amide bonds. The highest BCUT2D eigenvalue weighted by Crippen LogP contribution is 2.07. The van der Waals surface area contributed by atoms with E-state index in [1.165, 1.54) is 12.1 Å². The molecular weight excluding hydrogens is 157 g/mol. The fourth-order valence-electron chi connectivity index (χ4n) is 0.833. The molecule has 2 nitrogen and oxygen atoms in total. The summed E-state index contributed by atoms with van der Waals surface area (Å²) in [6.45, 7) is 2.17. The van der Waals surface area contributed by atoms with Crippen LogP contribution in [0.2, 0.25) is 0 Å². The van der Waals surface area contributed by atoms with E-state index in [1.807, 2.05) is 0 Å². The minimum atomic E-state index is -0.393. The second-order valence-electron chi connectivity index (χ2n) is 2.74. The van der Waals surface area contributed by atoms with Crippen molar-refractivity contribution in [2.45, 2.75) is 13.0 Å². The molecule has 2 N–H and O–H groups in total. The van der Waals surface area contributed by atoms with Gasteiger partial charge in [0, 0.05) is 12.2 Å². The quantitative estimate of drug-likeness (QED) is 0.720. The van der Waals surface area contributed by atoms with E-state index in [1.54, 1.807) is 19.1 Å². The topological polar surface area (TPSA) is 32.3 Å². The number of rotatable bonds is 3. The number of hydrogen-bond donors (Lipinski definition) is 2. The first-order chi connectivity index (χ1) is 5.68. The van der Waals surface area contributed by atoms with Gasteiger partial charge in [0.25, 0.3) is 0 Å². The van der Waals surface area contributed by atoms with Gasteiger partial charge < -0.3 is 10.4 Å². The Labute approximate surface area is 71.0 Å². The van der Waals surface area contributed by atoms with Crippen LogP contribution in [-0.4, -0.2) is 17.8 Å². The summed E-state index contributed by atoms with van der Waals surface area (Å²) in [6, 6.07) is 6.03. The molecule has 0 saturated carbocycles. The summed E-state index contributed by atoms with van der Waals surface area (Å²) in [5.74, 6) is -0.252. The van der Waals surface area contributed by atoms with E-state index in [9.17, 15) is 4.39 Å². The number of hydrogen-bond acceptors (Lipinski definition) is 2. The van der Waals surface area contributed by atoms with Crippen LogP contribution in [0.25, 0.3) is 0 Å². The molecule has 0 saturated heterocycles. The summed E-state index contributed by atoms with van der Waals surface area (Å²) in [5, 5.41) is 11.9. The Balaban J connectivity index is 2.48. The van der Waals surface area contributed by atoms with Crippen molar-refractivity contribution < 1.29 is 9.50 Å². The van der Waals surface area contributed by atoms with Crippen LogP contribution >= 0.6 is 0 Å². The van der Waals surface area contributed by atoms with Crippen molar-refractivity contribution in [3.8, 4) is 0 Å². The number of nitrogens with one attached hydrogen (secondary N) is 1. The van der Waals surface area contributed by atoms with Gasteiger partial charge in [-0.1, -0.05) is 0 Å². The predicted molar refractivity (Wildman–Crippen MR) is 46.6 cm³/mol. The normalized spacial score (nSPS) is 12.6. The van der Waals surface area contributed by atoms with E-state index >= 15 is 0 Å². The molecular formula is C9H12FNO. The van der Waals surface area contributed by atoms with E-state index in [0.717, 1.165) is 5.69 Å². The molecule has 1 rings (SSSR count). The molecule has 12 heavy (non-hydrogen) atoms. The molecule has 0 heterocycles. The summed E-state index contributed by atoms with van der Waals surface area (Å²) in [6.07, 6.45) is -0.393. The number of aliphatic hydroxyl groups excluding tert-OH is 1. The van der Waals surface area contributed by atoms with Gasteiger partial charge in [-0.25, -0.2) is 4.39 Å². The van der Waals surface area contributed by atoms with Gasteiger partial charge in [-0.2, -0.15) is 0 Å². The smallest absolute Gasteiger partial charge is 0.123 e. The number of anilines is 1. The molecule has 0 aliphatic carbocycles. The standard InChI is InChI=1S/C9H12FNO/c1-7(12)6-11-9-4-2-8(10)3-5-9/h2-5,7,11-12H,6H2,1H3/t7-/m1/s1. The van der Waals surface area contributed by atoms with Crippen molar-refractivity contribution in [3.05, 3.63) is 30.1 Å². The van der Waals surface area contributed by atoms with Crippen LogP contribution in [0, 0.1) is 5.82 Å². The van der Waals surface area contributed by atoms with Gasteiger partial charge in [0.15, 0.2) is 0 Å². The Morgan fingerprint density at radius 2 is 2.00 bits per heavy atom. The van der Waals surface area contributed by atoms with Crippen LogP contribution in [-0.2, 0) is 0 Å². The zero-order valence-electron chi connectivity index (χ0n) is 6.92. The lowest BCUT2D eigenvalue weighted by molar-refractivity contribution is 0.208. The summed E-state index contributed by atoms with van der Waals surface area (Å²) in [5.41, 5.74) is 0.817. The maximum atomic E-state index is 12.4. The molecule has 0 aliphatic heterocycles. The van der Waals surface area contributed by atoms with Crippen LogP contribution in [0.3, 0.4) is 0 Å². The van der Waals surface area contributed by atoms with E-state index < -0.39 is 6.10 Å². The van der Waals surface area contributed by atoms with Crippen molar-refractivity contribution in [3.63, 3.8) is 0 Å². The third kappa shape index (κ3) is 2.88. The number of benzene rings is 1. The molecule has 1 aromatic carbocycles. The molecule has 0 unspecified atom stereocenters. The molecule has 0 radical (unpaired) electrons. The van der Waals surface area contributed by atoms with E-state index in [-0.39, 0.29) is 5.82 Å². The first kappa shape index (κ1) is 9.00. The minimum Gasteiger partial charge on any atom is -0.392 e. The first-order valence-electron chi connectivity index (χ1n) is 3.86. The largest absolute Gasteiger partial charge is 0.392 e. The van der Waals surface area contributed by atoms with Crippen LogP contribution in [0.1, 0.15) is 6.92 Å². The molecule has 3 heteroatoms. The highest BCUT2D eigenvalue weighted by molar-refractivity contribution is 5.42. The van der Waals surface area contributed by atoms with Gasteiger partial charge in [0.05, 0.1) is 6.10 Å². The van der Waals surface area contributed by atoms with Gasteiger partial charge in [-0.05, 0) is 31.2 Å². The van der Waals surface area contributed by atoms with Gasteiger partial charge in [-0.15, -0.1) is 0 Å². The minimum absolute atomic E-state index is 0.252. The van der Waals surface area contributed by atoms with E-state index in [2.05, 4.69) is 5.32 Å². The summed E-state index contributed by atoms with van der Waals surface area (Å²) >= 11 is 0. The fraction of sp³-hybridized carbons (Fsp3) is 0.333. The van der Waals surface area contributed by atoms with Gasteiger partial charge in [-0.3, -0.25) is 0 Å². The Morgan fingerprint density at radius 3 is 2.50 bits per heavy atom. The molecule has 0 fully saturated rings. The average molecular weight is 169 g/mol. The number of aliphatic hydroxyl groups is 1. The van der Waals surface area contributed by atoms with Crippen LogP contribution in [0.5, 0.6) is 0 Å². The lowest BCUT2D eigenvalue weighted by atomic mass is 10.3. The lowest BCUT2D eigenvalue weighted by Crippen LogP contribution is -2.15. The van der Waals surface area contributed by atoms with Crippen LogP contribution in [0.4, 0.5) is 10.1 Å². The maximum Gasteiger partial charge on any atom is 0.123 e. The Bertz CT molecular complexity index is 233. The molecule has 0 aromatic heterocycles. The molecule has 66 valence electrons. The molecule has 0 aliphatic rings. The highest BCUT2D eigenvalue weighted by Gasteiger charge is 1.95. The molecule has 1 atom stereocenters. The van der Waals surface area contributed by atoms with Gasteiger partial charge in [0.2, 0.25) is 0 Å². The maximum absolute atomic E-state index is 12.4. The molecule has 0 spiro atoms. The fourth-order valence-corrected chi connectivity index (χ4v) is 0.833.